The van der Waals surface area contributed by atoms with Gasteiger partial charge in [0.1, 0.15) is 0 Å². The van der Waals surface area contributed by atoms with Gasteiger partial charge < -0.3 is 4.42 Å². The molecule has 0 amide bonds. The number of benzene rings is 2. The Morgan fingerprint density at radius 2 is 1.58 bits per heavy atom. The Kier molecular flexibility index (Phi) is 3.68. The fraction of sp³-hybridized carbons (Fsp3) is 0.273. The monoisotopic (exact) mass is 317 g/mol. The molecule has 1 aromatic heterocycles. The van der Waals surface area contributed by atoms with Gasteiger partial charge in [0, 0.05) is 5.56 Å². The molecule has 2 heterocycles. The third-order valence-electron chi connectivity index (χ3n) is 4.91. The highest BCUT2D eigenvalue weighted by Crippen LogP contribution is 2.44. The van der Waals surface area contributed by atoms with E-state index < -0.39 is 0 Å². The van der Waals surface area contributed by atoms with Gasteiger partial charge in [-0.1, -0.05) is 35.9 Å². The Hall–Kier alpha value is -2.48. The SMILES string of the molecule is Cc1cc(C)c(N2c3ccccc3CCCc3ccoc32)c(C)c1. The molecule has 0 saturated heterocycles. The molecule has 24 heavy (non-hydrogen) atoms. The fourth-order valence-corrected chi connectivity index (χ4v) is 3.98. The number of fused-ring (bicyclic) bond motifs is 2. The lowest BCUT2D eigenvalue weighted by molar-refractivity contribution is 0.567. The van der Waals surface area contributed by atoms with Crippen molar-refractivity contribution < 1.29 is 4.42 Å². The largest absolute Gasteiger partial charge is 0.448 e. The summed E-state index contributed by atoms with van der Waals surface area (Å²) in [6.45, 7) is 6.54. The van der Waals surface area contributed by atoms with Crippen molar-refractivity contribution in [2.45, 2.75) is 40.0 Å². The summed E-state index contributed by atoms with van der Waals surface area (Å²) in [6, 6.07) is 15.3. The van der Waals surface area contributed by atoms with Gasteiger partial charge in [-0.05, 0) is 68.9 Å². The second kappa shape index (κ2) is 5.86. The van der Waals surface area contributed by atoms with E-state index in [1.54, 1.807) is 0 Å². The molecule has 0 radical (unpaired) electrons. The van der Waals surface area contributed by atoms with Crippen LogP contribution >= 0.6 is 0 Å². The summed E-state index contributed by atoms with van der Waals surface area (Å²) in [4.78, 5) is 2.33. The van der Waals surface area contributed by atoms with E-state index in [4.69, 9.17) is 4.42 Å². The highest BCUT2D eigenvalue weighted by Gasteiger charge is 2.25. The van der Waals surface area contributed by atoms with Crippen LogP contribution in [0.1, 0.15) is 34.2 Å². The zero-order valence-corrected chi connectivity index (χ0v) is 14.6. The van der Waals surface area contributed by atoms with Gasteiger partial charge in [0.2, 0.25) is 5.88 Å². The van der Waals surface area contributed by atoms with Crippen LogP contribution in [0.15, 0.2) is 53.1 Å². The maximum atomic E-state index is 5.98. The van der Waals surface area contributed by atoms with Gasteiger partial charge in [0.05, 0.1) is 17.6 Å². The molecule has 1 aliphatic heterocycles. The first-order chi connectivity index (χ1) is 11.6. The standard InChI is InChI=1S/C22H23NO/c1-15-13-16(2)21(17(3)14-15)23-20-10-5-4-7-18(20)8-6-9-19-11-12-24-22(19)23/h4-5,7,10-14H,6,8-9H2,1-3H3. The molecule has 2 aromatic carbocycles. The summed E-state index contributed by atoms with van der Waals surface area (Å²) in [7, 11) is 0. The van der Waals surface area contributed by atoms with Gasteiger partial charge in [-0.15, -0.1) is 0 Å². The van der Waals surface area contributed by atoms with Crippen molar-refractivity contribution in [2.24, 2.45) is 0 Å². The van der Waals surface area contributed by atoms with Gasteiger partial charge in [-0.25, -0.2) is 0 Å². The van der Waals surface area contributed by atoms with Crippen LogP contribution in [0.3, 0.4) is 0 Å². The van der Waals surface area contributed by atoms with Crippen molar-refractivity contribution in [3.63, 3.8) is 0 Å². The highest BCUT2D eigenvalue weighted by atomic mass is 16.3. The molecule has 0 atom stereocenters. The summed E-state index contributed by atoms with van der Waals surface area (Å²) in [5.74, 6) is 0.970. The van der Waals surface area contributed by atoms with E-state index >= 15 is 0 Å². The molecule has 0 spiro atoms. The zero-order chi connectivity index (χ0) is 16.7. The summed E-state index contributed by atoms with van der Waals surface area (Å²) in [6.07, 6.45) is 5.13. The number of hydrogen-bond acceptors (Lipinski definition) is 2. The molecule has 0 N–H and O–H groups in total. The minimum absolute atomic E-state index is 0.970. The van der Waals surface area contributed by atoms with Crippen molar-refractivity contribution in [3.8, 4) is 0 Å². The highest BCUT2D eigenvalue weighted by molar-refractivity contribution is 5.81. The minimum Gasteiger partial charge on any atom is -0.448 e. The molecule has 3 aromatic rings. The molecule has 0 aliphatic carbocycles. The summed E-state index contributed by atoms with van der Waals surface area (Å²) >= 11 is 0. The quantitative estimate of drug-likeness (QED) is 0.534. The summed E-state index contributed by atoms with van der Waals surface area (Å²) < 4.78 is 5.98. The Labute approximate surface area is 143 Å². The molecule has 2 heteroatoms. The lowest BCUT2D eigenvalue weighted by Gasteiger charge is -2.30. The molecular formula is C22H23NO. The first-order valence-electron chi connectivity index (χ1n) is 8.67. The van der Waals surface area contributed by atoms with Crippen LogP contribution in [0.2, 0.25) is 0 Å². The Morgan fingerprint density at radius 1 is 0.875 bits per heavy atom. The van der Waals surface area contributed by atoms with E-state index in [9.17, 15) is 0 Å². The summed E-state index contributed by atoms with van der Waals surface area (Å²) in [5, 5.41) is 0. The number of furan rings is 1. The minimum atomic E-state index is 0.970. The predicted octanol–water partition coefficient (Wildman–Crippen LogP) is 6.16. The molecule has 1 aliphatic rings. The number of para-hydroxylation sites is 1. The third kappa shape index (κ3) is 2.43. The van der Waals surface area contributed by atoms with Crippen LogP contribution in [-0.4, -0.2) is 0 Å². The van der Waals surface area contributed by atoms with Crippen LogP contribution in [0.5, 0.6) is 0 Å². The van der Waals surface area contributed by atoms with Crippen molar-refractivity contribution in [1.29, 1.82) is 0 Å². The van der Waals surface area contributed by atoms with E-state index in [0.29, 0.717) is 0 Å². The molecule has 0 fully saturated rings. The molecule has 4 rings (SSSR count). The molecule has 0 bridgehead atoms. The van der Waals surface area contributed by atoms with Gasteiger partial charge >= 0.3 is 0 Å². The first kappa shape index (κ1) is 15.1. The normalized spacial score (nSPS) is 13.9. The molecule has 0 saturated carbocycles. The maximum Gasteiger partial charge on any atom is 0.207 e. The van der Waals surface area contributed by atoms with Gasteiger partial charge in [-0.3, -0.25) is 4.90 Å². The van der Waals surface area contributed by atoms with Gasteiger partial charge in [-0.2, -0.15) is 0 Å². The van der Waals surface area contributed by atoms with E-state index in [2.05, 4.69) is 68.1 Å². The lowest BCUT2D eigenvalue weighted by Crippen LogP contribution is -2.17. The number of aryl methyl sites for hydroxylation is 5. The number of anilines is 3. The fourth-order valence-electron chi connectivity index (χ4n) is 3.98. The van der Waals surface area contributed by atoms with Crippen molar-refractivity contribution >= 4 is 17.3 Å². The smallest absolute Gasteiger partial charge is 0.207 e. The second-order valence-electron chi connectivity index (χ2n) is 6.82. The van der Waals surface area contributed by atoms with Crippen LogP contribution in [0.25, 0.3) is 0 Å². The van der Waals surface area contributed by atoms with Crippen LogP contribution in [0, 0.1) is 20.8 Å². The van der Waals surface area contributed by atoms with Crippen LogP contribution < -0.4 is 4.90 Å². The van der Waals surface area contributed by atoms with E-state index in [1.165, 1.54) is 39.2 Å². The van der Waals surface area contributed by atoms with E-state index in [0.717, 1.165) is 25.1 Å². The lowest BCUT2D eigenvalue weighted by atomic mass is 9.97. The Balaban J connectivity index is 2.02. The number of rotatable bonds is 1. The topological polar surface area (TPSA) is 16.4 Å². The van der Waals surface area contributed by atoms with Crippen molar-refractivity contribution in [3.05, 3.63) is 76.5 Å². The van der Waals surface area contributed by atoms with Crippen LogP contribution in [0.4, 0.5) is 17.3 Å². The summed E-state index contributed by atoms with van der Waals surface area (Å²) in [5.41, 5.74) is 9.03. The third-order valence-corrected chi connectivity index (χ3v) is 4.91. The molecular weight excluding hydrogens is 294 g/mol. The van der Waals surface area contributed by atoms with Crippen molar-refractivity contribution in [1.82, 2.24) is 0 Å². The van der Waals surface area contributed by atoms with E-state index in [1.807, 2.05) is 6.26 Å². The van der Waals surface area contributed by atoms with Crippen molar-refractivity contribution in [2.75, 3.05) is 4.90 Å². The second-order valence-corrected chi connectivity index (χ2v) is 6.82. The zero-order valence-electron chi connectivity index (χ0n) is 14.6. The average Bonchev–Trinajstić information content (AvgIpc) is 2.97. The number of nitrogens with zero attached hydrogens (tertiary/aromatic N) is 1. The van der Waals surface area contributed by atoms with Gasteiger partial charge in [0.15, 0.2) is 0 Å². The molecule has 0 unspecified atom stereocenters. The van der Waals surface area contributed by atoms with E-state index in [-0.39, 0.29) is 0 Å². The number of hydrogen-bond donors (Lipinski definition) is 0. The molecule has 122 valence electrons. The van der Waals surface area contributed by atoms with Gasteiger partial charge in [0.25, 0.3) is 0 Å². The Bertz CT molecular complexity index is 867. The first-order valence-corrected chi connectivity index (χ1v) is 8.67. The molecule has 2 nitrogen and oxygen atoms in total. The predicted molar refractivity (Wildman–Crippen MR) is 99.6 cm³/mol. The average molecular weight is 317 g/mol. The Morgan fingerprint density at radius 3 is 2.38 bits per heavy atom. The maximum absolute atomic E-state index is 5.98. The van der Waals surface area contributed by atoms with Crippen LogP contribution in [-0.2, 0) is 12.8 Å².